The lowest BCUT2D eigenvalue weighted by atomic mass is 10.0. The van der Waals surface area contributed by atoms with Gasteiger partial charge in [0.15, 0.2) is 0 Å². The highest BCUT2D eigenvalue weighted by atomic mass is 14.0. The van der Waals surface area contributed by atoms with E-state index in [0.29, 0.717) is 0 Å². The molecule has 26 heavy (non-hydrogen) atoms. The molecule has 0 aromatic heterocycles. The highest BCUT2D eigenvalue weighted by Crippen LogP contribution is 2.10. The fourth-order valence-electron chi connectivity index (χ4n) is 2.89. The first kappa shape index (κ1) is 20.1. The lowest BCUT2D eigenvalue weighted by Gasteiger charge is -2.00. The maximum Gasteiger partial charge on any atom is 0.0249 e. The molecule has 0 aliphatic heterocycles. The van der Waals surface area contributed by atoms with Crippen molar-refractivity contribution in [1.29, 1.82) is 0 Å². The molecule has 0 amide bonds. The van der Waals surface area contributed by atoms with Gasteiger partial charge in [-0.05, 0) is 67.5 Å². The van der Waals surface area contributed by atoms with Gasteiger partial charge in [0.1, 0.15) is 0 Å². The van der Waals surface area contributed by atoms with E-state index in [4.69, 9.17) is 0 Å². The van der Waals surface area contributed by atoms with E-state index in [1.54, 1.807) is 0 Å². The molecule has 0 nitrogen and oxygen atoms in total. The van der Waals surface area contributed by atoms with Crippen molar-refractivity contribution in [3.63, 3.8) is 0 Å². The third-order valence-electron chi connectivity index (χ3n) is 4.55. The van der Waals surface area contributed by atoms with Gasteiger partial charge >= 0.3 is 0 Å². The molecule has 0 saturated heterocycles. The van der Waals surface area contributed by atoms with Gasteiger partial charge in [-0.1, -0.05) is 81.4 Å². The van der Waals surface area contributed by atoms with E-state index in [0.717, 1.165) is 24.0 Å². The summed E-state index contributed by atoms with van der Waals surface area (Å²) in [6.45, 7) is 4.46. The number of benzene rings is 2. The quantitative estimate of drug-likeness (QED) is 0.258. The molecule has 0 heteroatoms. The Morgan fingerprint density at radius 3 is 1.69 bits per heavy atom. The van der Waals surface area contributed by atoms with Crippen molar-refractivity contribution in [2.75, 3.05) is 0 Å². The third kappa shape index (κ3) is 7.75. The number of hydrogen-bond acceptors (Lipinski definition) is 0. The highest BCUT2D eigenvalue weighted by molar-refractivity contribution is 5.44. The lowest BCUT2D eigenvalue weighted by molar-refractivity contribution is 0.717. The molecule has 136 valence electrons. The monoisotopic (exact) mass is 344 g/mol. The molecule has 2 aromatic rings. The molecule has 2 aromatic carbocycles. The molecule has 2 rings (SSSR count). The smallest absolute Gasteiger partial charge is 0.0249 e. The number of hydrogen-bond donors (Lipinski definition) is 0. The SMILES string of the molecule is CCCC=CCCc1ccc(C#Cc2ccc(CCCCC)cc2)cc1. The van der Waals surface area contributed by atoms with E-state index in [1.807, 2.05) is 0 Å². The minimum atomic E-state index is 1.09. The molecule has 0 unspecified atom stereocenters. The molecule has 0 atom stereocenters. The van der Waals surface area contributed by atoms with E-state index in [9.17, 15) is 0 Å². The zero-order valence-corrected chi connectivity index (χ0v) is 16.4. The molecule has 0 heterocycles. The van der Waals surface area contributed by atoms with Crippen molar-refractivity contribution in [2.45, 2.75) is 65.2 Å². The second-order valence-corrected chi connectivity index (χ2v) is 6.90. The van der Waals surface area contributed by atoms with Crippen molar-refractivity contribution in [1.82, 2.24) is 0 Å². The maximum absolute atomic E-state index is 3.28. The molecule has 0 saturated carbocycles. The zero-order valence-electron chi connectivity index (χ0n) is 16.4. The summed E-state index contributed by atoms with van der Waals surface area (Å²) in [6, 6.07) is 17.4. The van der Waals surface area contributed by atoms with Gasteiger partial charge in [0, 0.05) is 11.1 Å². The van der Waals surface area contributed by atoms with Gasteiger partial charge in [0.25, 0.3) is 0 Å². The largest absolute Gasteiger partial charge is 0.0885 e. The van der Waals surface area contributed by atoms with Crippen LogP contribution in [0.1, 0.15) is 74.6 Å². The van der Waals surface area contributed by atoms with E-state index < -0.39 is 0 Å². The van der Waals surface area contributed by atoms with Crippen LogP contribution in [0.3, 0.4) is 0 Å². The molecule has 0 N–H and O–H groups in total. The minimum absolute atomic E-state index is 1.09. The van der Waals surface area contributed by atoms with Crippen molar-refractivity contribution < 1.29 is 0 Å². The van der Waals surface area contributed by atoms with Crippen LogP contribution in [0.2, 0.25) is 0 Å². The van der Waals surface area contributed by atoms with Gasteiger partial charge in [0.05, 0.1) is 0 Å². The summed E-state index contributed by atoms with van der Waals surface area (Å²) in [4.78, 5) is 0. The summed E-state index contributed by atoms with van der Waals surface area (Å²) in [5.74, 6) is 6.56. The zero-order chi connectivity index (χ0) is 18.5. The number of rotatable bonds is 9. The van der Waals surface area contributed by atoms with Gasteiger partial charge < -0.3 is 0 Å². The Balaban J connectivity index is 1.85. The van der Waals surface area contributed by atoms with Crippen LogP contribution in [0.4, 0.5) is 0 Å². The number of allylic oxidation sites excluding steroid dienone is 2. The van der Waals surface area contributed by atoms with Crippen molar-refractivity contribution in [3.8, 4) is 11.8 Å². The van der Waals surface area contributed by atoms with E-state index in [1.165, 1.54) is 49.7 Å². The number of unbranched alkanes of at least 4 members (excludes halogenated alkanes) is 3. The Morgan fingerprint density at radius 2 is 1.15 bits per heavy atom. The summed E-state index contributed by atoms with van der Waals surface area (Å²) in [7, 11) is 0. The second kappa shape index (κ2) is 12.2. The average molecular weight is 345 g/mol. The second-order valence-electron chi connectivity index (χ2n) is 6.90. The third-order valence-corrected chi connectivity index (χ3v) is 4.55. The van der Waals surface area contributed by atoms with Crippen LogP contribution in [0.5, 0.6) is 0 Å². The summed E-state index contributed by atoms with van der Waals surface area (Å²) < 4.78 is 0. The van der Waals surface area contributed by atoms with Crippen molar-refractivity contribution in [2.24, 2.45) is 0 Å². The number of aryl methyl sites for hydroxylation is 2. The summed E-state index contributed by atoms with van der Waals surface area (Å²) >= 11 is 0. The first-order chi connectivity index (χ1) is 12.8. The minimum Gasteiger partial charge on any atom is -0.0885 e. The Bertz CT molecular complexity index is 705. The Labute approximate surface area is 160 Å². The van der Waals surface area contributed by atoms with Crippen molar-refractivity contribution >= 4 is 0 Å². The first-order valence-corrected chi connectivity index (χ1v) is 10.2. The van der Waals surface area contributed by atoms with Gasteiger partial charge in [0.2, 0.25) is 0 Å². The molecular weight excluding hydrogens is 312 g/mol. The molecule has 0 aliphatic rings. The highest BCUT2D eigenvalue weighted by Gasteiger charge is 1.94. The van der Waals surface area contributed by atoms with Crippen LogP contribution in [0.25, 0.3) is 0 Å². The molecule has 0 fully saturated rings. The molecule has 0 spiro atoms. The summed E-state index contributed by atoms with van der Waals surface area (Å²) in [5.41, 5.74) is 4.98. The van der Waals surface area contributed by atoms with Crippen LogP contribution in [-0.2, 0) is 12.8 Å². The first-order valence-electron chi connectivity index (χ1n) is 10.2. The molecular formula is C26H32. The van der Waals surface area contributed by atoms with Crippen LogP contribution < -0.4 is 0 Å². The van der Waals surface area contributed by atoms with Crippen LogP contribution in [0.15, 0.2) is 60.7 Å². The van der Waals surface area contributed by atoms with Crippen LogP contribution in [-0.4, -0.2) is 0 Å². The van der Waals surface area contributed by atoms with Crippen LogP contribution >= 0.6 is 0 Å². The van der Waals surface area contributed by atoms with E-state index in [2.05, 4.69) is 86.4 Å². The maximum atomic E-state index is 3.28. The molecule has 0 aliphatic carbocycles. The fraction of sp³-hybridized carbons (Fsp3) is 0.385. The van der Waals surface area contributed by atoms with Gasteiger partial charge in [-0.2, -0.15) is 0 Å². The van der Waals surface area contributed by atoms with Crippen LogP contribution in [0, 0.1) is 11.8 Å². The van der Waals surface area contributed by atoms with E-state index >= 15 is 0 Å². The topological polar surface area (TPSA) is 0 Å². The Kier molecular flexibility index (Phi) is 9.37. The lowest BCUT2D eigenvalue weighted by Crippen LogP contribution is -1.86. The Morgan fingerprint density at radius 1 is 0.615 bits per heavy atom. The molecule has 0 radical (unpaired) electrons. The standard InChI is InChI=1S/C26H32/c1-3-5-7-8-10-12-24-15-19-26(20-16-24)22-21-25-17-13-23(14-18-25)11-9-6-4-2/h7-8,13-20H,3-6,9-12H2,1-2H3. The average Bonchev–Trinajstić information content (AvgIpc) is 2.68. The normalized spacial score (nSPS) is 10.7. The van der Waals surface area contributed by atoms with Crippen molar-refractivity contribution in [3.05, 3.63) is 82.9 Å². The summed E-state index contributed by atoms with van der Waals surface area (Å²) in [6.07, 6.45) is 14.3. The van der Waals surface area contributed by atoms with Gasteiger partial charge in [-0.25, -0.2) is 0 Å². The fourth-order valence-corrected chi connectivity index (χ4v) is 2.89. The predicted molar refractivity (Wildman–Crippen MR) is 114 cm³/mol. The van der Waals surface area contributed by atoms with E-state index in [-0.39, 0.29) is 0 Å². The predicted octanol–water partition coefficient (Wildman–Crippen LogP) is 7.11. The van der Waals surface area contributed by atoms with Gasteiger partial charge in [-0.3, -0.25) is 0 Å². The summed E-state index contributed by atoms with van der Waals surface area (Å²) in [5, 5.41) is 0. The van der Waals surface area contributed by atoms with Gasteiger partial charge in [-0.15, -0.1) is 0 Å². The molecule has 0 bridgehead atoms. The Hall–Kier alpha value is -2.26.